The van der Waals surface area contributed by atoms with E-state index in [1.165, 1.54) is 12.1 Å². The molecule has 1 heterocycles. The van der Waals surface area contributed by atoms with Gasteiger partial charge in [0.25, 0.3) is 0 Å². The van der Waals surface area contributed by atoms with Crippen LogP contribution < -0.4 is 5.32 Å². The summed E-state index contributed by atoms with van der Waals surface area (Å²) in [6.07, 6.45) is -2.81. The molecule has 1 aromatic rings. The third-order valence-electron chi connectivity index (χ3n) is 3.01. The second kappa shape index (κ2) is 5.52. The minimum atomic E-state index is -4.43. The topological polar surface area (TPSA) is 44.7 Å². The van der Waals surface area contributed by atoms with E-state index in [0.29, 0.717) is 12.3 Å². The highest BCUT2D eigenvalue weighted by molar-refractivity contribution is 6.00. The standard InChI is InChI=1S/C13H14F3N3O/c1-19-7-3-6-11(19)18-12(20)17-10-5-2-4-9(8-10)13(14,15)16/h2,4-5,8H,3,6-7H2,1H3,(H,17,20)/b18-11+. The summed E-state index contributed by atoms with van der Waals surface area (Å²) >= 11 is 0. The molecule has 0 spiro atoms. The van der Waals surface area contributed by atoms with Crippen LogP contribution in [-0.4, -0.2) is 30.4 Å². The Bertz CT molecular complexity index is 540. The molecule has 2 rings (SSSR count). The largest absolute Gasteiger partial charge is 0.416 e. The van der Waals surface area contributed by atoms with Gasteiger partial charge in [0, 0.05) is 25.7 Å². The van der Waals surface area contributed by atoms with Crippen LogP contribution in [0.4, 0.5) is 23.7 Å². The van der Waals surface area contributed by atoms with E-state index in [0.717, 1.165) is 25.1 Å². The van der Waals surface area contributed by atoms with E-state index in [2.05, 4.69) is 10.3 Å². The van der Waals surface area contributed by atoms with Crippen molar-refractivity contribution in [3.63, 3.8) is 0 Å². The molecule has 1 aliphatic rings. The molecule has 0 bridgehead atoms. The molecular weight excluding hydrogens is 271 g/mol. The quantitative estimate of drug-likeness (QED) is 0.860. The summed E-state index contributed by atoms with van der Waals surface area (Å²) in [7, 11) is 1.82. The molecule has 108 valence electrons. The van der Waals surface area contributed by atoms with Crippen molar-refractivity contribution in [2.45, 2.75) is 19.0 Å². The molecule has 20 heavy (non-hydrogen) atoms. The van der Waals surface area contributed by atoms with E-state index in [1.54, 1.807) is 0 Å². The molecule has 1 saturated heterocycles. The molecule has 0 saturated carbocycles. The van der Waals surface area contributed by atoms with Crippen molar-refractivity contribution in [3.8, 4) is 0 Å². The van der Waals surface area contributed by atoms with Crippen LogP contribution in [0.15, 0.2) is 29.3 Å². The van der Waals surface area contributed by atoms with E-state index >= 15 is 0 Å². The maximum Gasteiger partial charge on any atom is 0.416 e. The fourth-order valence-electron chi connectivity index (χ4n) is 1.98. The number of carbonyl (C=O) groups is 1. The van der Waals surface area contributed by atoms with Gasteiger partial charge in [-0.3, -0.25) is 0 Å². The van der Waals surface area contributed by atoms with Crippen molar-refractivity contribution >= 4 is 17.6 Å². The lowest BCUT2D eigenvalue weighted by atomic mass is 10.2. The van der Waals surface area contributed by atoms with Crippen LogP contribution in [0, 0.1) is 0 Å². The average Bonchev–Trinajstić information content (AvgIpc) is 2.74. The lowest BCUT2D eigenvalue weighted by Crippen LogP contribution is -2.21. The third kappa shape index (κ3) is 3.49. The van der Waals surface area contributed by atoms with E-state index in [1.807, 2.05) is 11.9 Å². The number of urea groups is 1. The van der Waals surface area contributed by atoms with E-state index in [4.69, 9.17) is 0 Å². The Morgan fingerprint density at radius 1 is 1.40 bits per heavy atom. The Kier molecular flexibility index (Phi) is 3.96. The Morgan fingerprint density at radius 2 is 2.15 bits per heavy atom. The summed E-state index contributed by atoms with van der Waals surface area (Å²) in [5, 5.41) is 2.35. The maximum absolute atomic E-state index is 12.5. The van der Waals surface area contributed by atoms with Gasteiger partial charge < -0.3 is 10.2 Å². The number of aliphatic imine (C=N–C) groups is 1. The Hall–Kier alpha value is -2.05. The zero-order valence-corrected chi connectivity index (χ0v) is 10.9. The van der Waals surface area contributed by atoms with Crippen molar-refractivity contribution in [3.05, 3.63) is 29.8 Å². The van der Waals surface area contributed by atoms with Crippen LogP contribution in [0.25, 0.3) is 0 Å². The zero-order chi connectivity index (χ0) is 14.8. The molecule has 2 amide bonds. The second-order valence-electron chi connectivity index (χ2n) is 4.56. The average molecular weight is 285 g/mol. The SMILES string of the molecule is CN1CCC/C1=N\C(=O)Nc1cccc(C(F)(F)F)c1. The van der Waals surface area contributed by atoms with Crippen molar-refractivity contribution in [2.24, 2.45) is 4.99 Å². The van der Waals surface area contributed by atoms with Gasteiger partial charge in [-0.2, -0.15) is 18.2 Å². The van der Waals surface area contributed by atoms with Crippen LogP contribution >= 0.6 is 0 Å². The maximum atomic E-state index is 12.5. The van der Waals surface area contributed by atoms with Crippen LogP contribution in [0.1, 0.15) is 18.4 Å². The van der Waals surface area contributed by atoms with Gasteiger partial charge >= 0.3 is 12.2 Å². The number of nitrogens with one attached hydrogen (secondary N) is 1. The Balaban J connectivity index is 2.08. The molecule has 1 fully saturated rings. The fraction of sp³-hybridized carbons (Fsp3) is 0.385. The Morgan fingerprint density at radius 3 is 2.75 bits per heavy atom. The molecule has 0 aromatic heterocycles. The van der Waals surface area contributed by atoms with E-state index in [9.17, 15) is 18.0 Å². The van der Waals surface area contributed by atoms with Gasteiger partial charge in [0.05, 0.1) is 5.56 Å². The predicted molar refractivity (Wildman–Crippen MR) is 69.8 cm³/mol. The van der Waals surface area contributed by atoms with E-state index in [-0.39, 0.29) is 5.69 Å². The normalized spacial score (nSPS) is 17.6. The Labute approximate surface area is 114 Å². The van der Waals surface area contributed by atoms with Gasteiger partial charge in [-0.25, -0.2) is 4.79 Å². The number of hydrogen-bond acceptors (Lipinski definition) is 1. The molecule has 1 N–H and O–H groups in total. The number of amides is 2. The first-order valence-corrected chi connectivity index (χ1v) is 6.13. The first-order valence-electron chi connectivity index (χ1n) is 6.13. The molecule has 0 atom stereocenters. The number of amidine groups is 1. The monoisotopic (exact) mass is 285 g/mol. The molecule has 0 aliphatic carbocycles. The highest BCUT2D eigenvalue weighted by atomic mass is 19.4. The number of carbonyl (C=O) groups excluding carboxylic acids is 1. The number of halogens is 3. The van der Waals surface area contributed by atoms with Gasteiger partial charge in [-0.05, 0) is 24.6 Å². The number of anilines is 1. The minimum absolute atomic E-state index is 0.0785. The number of alkyl halides is 3. The second-order valence-corrected chi connectivity index (χ2v) is 4.56. The smallest absolute Gasteiger partial charge is 0.363 e. The number of benzene rings is 1. The van der Waals surface area contributed by atoms with Crippen molar-refractivity contribution in [1.82, 2.24) is 4.90 Å². The first kappa shape index (κ1) is 14.4. The molecule has 0 unspecified atom stereocenters. The highest BCUT2D eigenvalue weighted by Gasteiger charge is 2.30. The molecule has 1 aromatic carbocycles. The summed E-state index contributed by atoms with van der Waals surface area (Å²) in [4.78, 5) is 17.4. The summed E-state index contributed by atoms with van der Waals surface area (Å²) in [5.41, 5.74) is -0.726. The van der Waals surface area contributed by atoms with Crippen molar-refractivity contribution < 1.29 is 18.0 Å². The lowest BCUT2D eigenvalue weighted by Gasteiger charge is -2.11. The van der Waals surface area contributed by atoms with Gasteiger partial charge in [-0.15, -0.1) is 0 Å². The summed E-state index contributed by atoms with van der Waals surface area (Å²) in [6.45, 7) is 0.829. The summed E-state index contributed by atoms with van der Waals surface area (Å²) in [5.74, 6) is 0.648. The summed E-state index contributed by atoms with van der Waals surface area (Å²) in [6, 6.07) is 3.81. The van der Waals surface area contributed by atoms with E-state index < -0.39 is 17.8 Å². The van der Waals surface area contributed by atoms with Crippen LogP contribution in [0.2, 0.25) is 0 Å². The first-order chi connectivity index (χ1) is 9.36. The molecule has 4 nitrogen and oxygen atoms in total. The number of hydrogen-bond donors (Lipinski definition) is 1. The fourth-order valence-corrected chi connectivity index (χ4v) is 1.98. The van der Waals surface area contributed by atoms with Crippen molar-refractivity contribution in [1.29, 1.82) is 0 Å². The van der Waals surface area contributed by atoms with Crippen LogP contribution in [0.3, 0.4) is 0 Å². The summed E-state index contributed by atoms with van der Waals surface area (Å²) < 4.78 is 37.6. The number of likely N-dealkylation sites (tertiary alicyclic amines) is 1. The van der Waals surface area contributed by atoms with Crippen LogP contribution in [0.5, 0.6) is 0 Å². The van der Waals surface area contributed by atoms with Gasteiger partial charge in [0.1, 0.15) is 5.84 Å². The van der Waals surface area contributed by atoms with Gasteiger partial charge in [-0.1, -0.05) is 6.07 Å². The number of rotatable bonds is 1. The molecule has 0 radical (unpaired) electrons. The third-order valence-corrected chi connectivity index (χ3v) is 3.01. The predicted octanol–water partition coefficient (Wildman–Crippen LogP) is 3.36. The molecular formula is C13H14F3N3O. The minimum Gasteiger partial charge on any atom is -0.363 e. The molecule has 7 heteroatoms. The van der Waals surface area contributed by atoms with Gasteiger partial charge in [0.15, 0.2) is 0 Å². The van der Waals surface area contributed by atoms with Gasteiger partial charge in [0.2, 0.25) is 0 Å². The van der Waals surface area contributed by atoms with Crippen molar-refractivity contribution in [2.75, 3.05) is 18.9 Å². The zero-order valence-electron chi connectivity index (χ0n) is 10.9. The lowest BCUT2D eigenvalue weighted by molar-refractivity contribution is -0.137. The number of nitrogens with zero attached hydrogens (tertiary/aromatic N) is 2. The van der Waals surface area contributed by atoms with Crippen LogP contribution in [-0.2, 0) is 6.18 Å². The molecule has 1 aliphatic heterocycles. The highest BCUT2D eigenvalue weighted by Crippen LogP contribution is 2.30.